The smallest absolute Gasteiger partial charge is 0.407 e. The third-order valence-electron chi connectivity index (χ3n) is 3.74. The minimum atomic E-state index is -0.547. The van der Waals surface area contributed by atoms with Gasteiger partial charge in [0.1, 0.15) is 23.3 Å². The van der Waals surface area contributed by atoms with Gasteiger partial charge in [-0.1, -0.05) is 0 Å². The standard InChI is InChI=1S/C21H28N6O2/c1-13-7-14(2)25-19(8-13)27-17-9-18(24-12-16(17)10-22)23-11-15(3)26-20(28)29-21(4,5)6/h7-9,12,15H,11H2,1-6H3,(H,26,28)(H2,23,24,25,27)/t15-/m0/s1. The molecule has 2 heterocycles. The Morgan fingerprint density at radius 3 is 2.59 bits per heavy atom. The summed E-state index contributed by atoms with van der Waals surface area (Å²) in [5.74, 6) is 1.24. The third-order valence-corrected chi connectivity index (χ3v) is 3.74. The number of hydrogen-bond donors (Lipinski definition) is 3. The van der Waals surface area contributed by atoms with Crippen molar-refractivity contribution in [3.63, 3.8) is 0 Å². The number of amides is 1. The molecule has 1 amide bonds. The normalized spacial score (nSPS) is 11.9. The molecule has 0 saturated heterocycles. The lowest BCUT2D eigenvalue weighted by Crippen LogP contribution is -2.40. The van der Waals surface area contributed by atoms with Crippen molar-refractivity contribution < 1.29 is 9.53 Å². The van der Waals surface area contributed by atoms with Crippen LogP contribution in [-0.4, -0.2) is 34.2 Å². The molecule has 2 aromatic rings. The molecule has 154 valence electrons. The molecule has 2 aromatic heterocycles. The Hall–Kier alpha value is -3.34. The van der Waals surface area contributed by atoms with E-state index in [-0.39, 0.29) is 6.04 Å². The molecular weight excluding hydrogens is 368 g/mol. The molecule has 2 rings (SSSR count). The summed E-state index contributed by atoms with van der Waals surface area (Å²) in [6.07, 6.45) is 1.03. The maximum absolute atomic E-state index is 11.8. The number of anilines is 3. The van der Waals surface area contributed by atoms with E-state index < -0.39 is 11.7 Å². The van der Waals surface area contributed by atoms with Crippen LogP contribution >= 0.6 is 0 Å². The fraction of sp³-hybridized carbons (Fsp3) is 0.429. The molecule has 0 spiro atoms. The summed E-state index contributed by atoms with van der Waals surface area (Å²) in [5.41, 5.74) is 2.44. The maximum atomic E-state index is 11.8. The minimum absolute atomic E-state index is 0.181. The van der Waals surface area contributed by atoms with E-state index in [1.165, 1.54) is 6.20 Å². The molecule has 0 unspecified atom stereocenters. The van der Waals surface area contributed by atoms with E-state index in [0.29, 0.717) is 29.4 Å². The number of rotatable bonds is 6. The van der Waals surface area contributed by atoms with E-state index >= 15 is 0 Å². The molecule has 29 heavy (non-hydrogen) atoms. The number of nitrogens with zero attached hydrogens (tertiary/aromatic N) is 3. The molecule has 0 radical (unpaired) electrons. The zero-order chi connectivity index (χ0) is 21.6. The second-order valence-corrected chi connectivity index (χ2v) is 7.95. The summed E-state index contributed by atoms with van der Waals surface area (Å²) in [4.78, 5) is 20.6. The second kappa shape index (κ2) is 9.24. The maximum Gasteiger partial charge on any atom is 0.407 e. The predicted molar refractivity (Wildman–Crippen MR) is 113 cm³/mol. The van der Waals surface area contributed by atoms with Gasteiger partial charge in [0.15, 0.2) is 0 Å². The predicted octanol–water partition coefficient (Wildman–Crippen LogP) is 4.03. The van der Waals surface area contributed by atoms with Gasteiger partial charge in [-0.05, 0) is 59.2 Å². The van der Waals surface area contributed by atoms with Gasteiger partial charge in [-0.25, -0.2) is 14.8 Å². The summed E-state index contributed by atoms with van der Waals surface area (Å²) in [5, 5.41) is 18.5. The van der Waals surface area contributed by atoms with Crippen LogP contribution in [0.4, 0.5) is 22.1 Å². The number of carbonyl (C=O) groups excluding carboxylic acids is 1. The van der Waals surface area contributed by atoms with Crippen molar-refractivity contribution in [2.75, 3.05) is 17.2 Å². The number of aromatic nitrogens is 2. The van der Waals surface area contributed by atoms with Crippen LogP contribution in [0, 0.1) is 25.2 Å². The lowest BCUT2D eigenvalue weighted by molar-refractivity contribution is 0.0511. The van der Waals surface area contributed by atoms with Crippen molar-refractivity contribution in [3.05, 3.63) is 41.2 Å². The van der Waals surface area contributed by atoms with Crippen LogP contribution in [0.15, 0.2) is 24.4 Å². The number of carbonyl (C=O) groups is 1. The van der Waals surface area contributed by atoms with Crippen LogP contribution in [0.5, 0.6) is 0 Å². The Kier molecular flexibility index (Phi) is 6.99. The van der Waals surface area contributed by atoms with Crippen LogP contribution in [0.2, 0.25) is 0 Å². The summed E-state index contributed by atoms with van der Waals surface area (Å²) in [6.45, 7) is 11.7. The van der Waals surface area contributed by atoms with Gasteiger partial charge in [0.25, 0.3) is 0 Å². The summed E-state index contributed by atoms with van der Waals surface area (Å²) in [7, 11) is 0. The average Bonchev–Trinajstić information content (AvgIpc) is 2.57. The third kappa shape index (κ3) is 7.30. The van der Waals surface area contributed by atoms with Crippen LogP contribution < -0.4 is 16.0 Å². The first-order chi connectivity index (χ1) is 13.6. The largest absolute Gasteiger partial charge is 0.444 e. The number of alkyl carbamates (subject to hydrolysis) is 1. The SMILES string of the molecule is Cc1cc(C)nc(Nc2cc(NC[C@H](C)NC(=O)OC(C)(C)C)ncc2C#N)c1. The van der Waals surface area contributed by atoms with Gasteiger partial charge in [-0.3, -0.25) is 0 Å². The summed E-state index contributed by atoms with van der Waals surface area (Å²) < 4.78 is 5.25. The first-order valence-corrected chi connectivity index (χ1v) is 9.41. The highest BCUT2D eigenvalue weighted by Gasteiger charge is 2.17. The van der Waals surface area contributed by atoms with Crippen LogP contribution in [0.1, 0.15) is 44.5 Å². The zero-order valence-electron chi connectivity index (χ0n) is 17.8. The number of pyridine rings is 2. The fourth-order valence-corrected chi connectivity index (χ4v) is 2.61. The molecule has 1 atom stereocenters. The van der Waals surface area contributed by atoms with Crippen molar-refractivity contribution in [2.24, 2.45) is 0 Å². The van der Waals surface area contributed by atoms with E-state index in [0.717, 1.165) is 11.3 Å². The Bertz CT molecular complexity index is 894. The number of nitriles is 1. The zero-order valence-corrected chi connectivity index (χ0v) is 17.8. The first-order valence-electron chi connectivity index (χ1n) is 9.41. The number of ether oxygens (including phenoxy) is 1. The van der Waals surface area contributed by atoms with Crippen molar-refractivity contribution in [1.82, 2.24) is 15.3 Å². The summed E-state index contributed by atoms with van der Waals surface area (Å²) >= 11 is 0. The Morgan fingerprint density at radius 2 is 1.97 bits per heavy atom. The minimum Gasteiger partial charge on any atom is -0.444 e. The summed E-state index contributed by atoms with van der Waals surface area (Å²) in [6, 6.07) is 7.59. The fourth-order valence-electron chi connectivity index (χ4n) is 2.61. The lowest BCUT2D eigenvalue weighted by Gasteiger charge is -2.22. The van der Waals surface area contributed by atoms with Crippen molar-refractivity contribution in [3.8, 4) is 6.07 Å². The Morgan fingerprint density at radius 1 is 1.24 bits per heavy atom. The molecule has 0 bridgehead atoms. The number of nitrogens with one attached hydrogen (secondary N) is 3. The van der Waals surface area contributed by atoms with E-state index in [9.17, 15) is 10.1 Å². The van der Waals surface area contributed by atoms with Gasteiger partial charge in [0, 0.05) is 30.5 Å². The number of aryl methyl sites for hydroxylation is 2. The Labute approximate surface area is 171 Å². The van der Waals surface area contributed by atoms with Gasteiger partial charge in [-0.15, -0.1) is 0 Å². The molecular formula is C21H28N6O2. The van der Waals surface area contributed by atoms with Crippen LogP contribution in [0.25, 0.3) is 0 Å². The molecule has 8 nitrogen and oxygen atoms in total. The quantitative estimate of drug-likeness (QED) is 0.675. The van der Waals surface area contributed by atoms with E-state index in [4.69, 9.17) is 4.74 Å². The van der Waals surface area contributed by atoms with Crippen molar-refractivity contribution >= 4 is 23.4 Å². The van der Waals surface area contributed by atoms with Gasteiger partial charge < -0.3 is 20.7 Å². The van der Waals surface area contributed by atoms with Gasteiger partial charge in [0.05, 0.1) is 11.3 Å². The molecule has 3 N–H and O–H groups in total. The van der Waals surface area contributed by atoms with Crippen LogP contribution in [-0.2, 0) is 4.74 Å². The molecule has 0 aliphatic heterocycles. The average molecular weight is 396 g/mol. The monoisotopic (exact) mass is 396 g/mol. The molecule has 0 aromatic carbocycles. The molecule has 8 heteroatoms. The highest BCUT2D eigenvalue weighted by Crippen LogP contribution is 2.22. The highest BCUT2D eigenvalue weighted by atomic mass is 16.6. The van der Waals surface area contributed by atoms with Crippen molar-refractivity contribution in [2.45, 2.75) is 53.2 Å². The van der Waals surface area contributed by atoms with Crippen LogP contribution in [0.3, 0.4) is 0 Å². The van der Waals surface area contributed by atoms with E-state index in [1.54, 1.807) is 6.07 Å². The van der Waals surface area contributed by atoms with E-state index in [1.807, 2.05) is 53.7 Å². The molecule has 0 aliphatic carbocycles. The topological polar surface area (TPSA) is 112 Å². The van der Waals surface area contributed by atoms with Crippen molar-refractivity contribution in [1.29, 1.82) is 5.26 Å². The van der Waals surface area contributed by atoms with Gasteiger partial charge in [-0.2, -0.15) is 5.26 Å². The first kappa shape index (κ1) is 22.0. The molecule has 0 aliphatic rings. The lowest BCUT2D eigenvalue weighted by atomic mass is 10.2. The molecule has 0 saturated carbocycles. The Balaban J connectivity index is 2.04. The highest BCUT2D eigenvalue weighted by molar-refractivity contribution is 5.69. The second-order valence-electron chi connectivity index (χ2n) is 7.95. The van der Waals surface area contributed by atoms with Gasteiger partial charge in [0.2, 0.25) is 0 Å². The molecule has 0 fully saturated rings. The van der Waals surface area contributed by atoms with Gasteiger partial charge >= 0.3 is 6.09 Å². The van der Waals surface area contributed by atoms with E-state index in [2.05, 4.69) is 32.0 Å². The number of hydrogen-bond acceptors (Lipinski definition) is 7.